The zero-order valence-corrected chi connectivity index (χ0v) is 15.4. The average molecular weight is 401 g/mol. The Labute approximate surface area is 153 Å². The van der Waals surface area contributed by atoms with Gasteiger partial charge in [0.05, 0.1) is 17.9 Å². The molecule has 0 aliphatic carbocycles. The molecule has 25 heavy (non-hydrogen) atoms. The molecule has 1 aromatic heterocycles. The first-order chi connectivity index (χ1) is 12.0. The SMILES string of the molecule is Cc1ccc(NCC(=O)Nc2ccccc2Br)cc1-n1nnnc1C. The number of rotatable bonds is 5. The standard InChI is InChI=1S/C17H17BrN6O/c1-11-7-8-13(9-16(11)24-12(2)21-22-23-24)19-10-17(25)20-15-6-4-3-5-14(15)18/h3-9,19H,10H2,1-2H3,(H,20,25). The van der Waals surface area contributed by atoms with Crippen LogP contribution in [-0.4, -0.2) is 32.7 Å². The molecule has 0 spiro atoms. The van der Waals surface area contributed by atoms with Gasteiger partial charge < -0.3 is 10.6 Å². The Morgan fingerprint density at radius 2 is 2.00 bits per heavy atom. The van der Waals surface area contributed by atoms with Gasteiger partial charge in [-0.15, -0.1) is 5.10 Å². The maximum atomic E-state index is 12.1. The predicted molar refractivity (Wildman–Crippen MR) is 99.9 cm³/mol. The van der Waals surface area contributed by atoms with E-state index in [1.54, 1.807) is 4.68 Å². The van der Waals surface area contributed by atoms with E-state index in [4.69, 9.17) is 0 Å². The first kappa shape index (κ1) is 17.1. The molecule has 1 heterocycles. The lowest BCUT2D eigenvalue weighted by Crippen LogP contribution is -2.22. The van der Waals surface area contributed by atoms with Gasteiger partial charge in [0.25, 0.3) is 0 Å². The highest BCUT2D eigenvalue weighted by Crippen LogP contribution is 2.21. The highest BCUT2D eigenvalue weighted by Gasteiger charge is 2.09. The average Bonchev–Trinajstić information content (AvgIpc) is 3.02. The fourth-order valence-electron chi connectivity index (χ4n) is 2.34. The van der Waals surface area contributed by atoms with Crippen LogP contribution in [0, 0.1) is 13.8 Å². The summed E-state index contributed by atoms with van der Waals surface area (Å²) in [7, 11) is 0. The van der Waals surface area contributed by atoms with Crippen LogP contribution < -0.4 is 10.6 Å². The lowest BCUT2D eigenvalue weighted by molar-refractivity contribution is -0.114. The monoisotopic (exact) mass is 400 g/mol. The number of aryl methyl sites for hydroxylation is 2. The second-order valence-corrected chi connectivity index (χ2v) is 6.38. The van der Waals surface area contributed by atoms with Crippen LogP contribution in [0.3, 0.4) is 0 Å². The highest BCUT2D eigenvalue weighted by molar-refractivity contribution is 9.10. The second-order valence-electron chi connectivity index (χ2n) is 5.52. The van der Waals surface area contributed by atoms with E-state index in [9.17, 15) is 4.79 Å². The van der Waals surface area contributed by atoms with Crippen LogP contribution in [-0.2, 0) is 4.79 Å². The zero-order valence-electron chi connectivity index (χ0n) is 13.8. The van der Waals surface area contributed by atoms with Gasteiger partial charge in [0, 0.05) is 10.2 Å². The van der Waals surface area contributed by atoms with Gasteiger partial charge in [-0.05, 0) is 70.0 Å². The molecule has 0 atom stereocenters. The molecule has 0 unspecified atom stereocenters. The van der Waals surface area contributed by atoms with Crippen molar-refractivity contribution >= 4 is 33.2 Å². The topological polar surface area (TPSA) is 84.7 Å². The lowest BCUT2D eigenvalue weighted by Gasteiger charge is -2.12. The number of aromatic nitrogens is 4. The number of amides is 1. The van der Waals surface area contributed by atoms with Gasteiger partial charge in [-0.1, -0.05) is 18.2 Å². The van der Waals surface area contributed by atoms with E-state index >= 15 is 0 Å². The molecule has 0 fully saturated rings. The van der Waals surface area contributed by atoms with Crippen molar-refractivity contribution in [2.24, 2.45) is 0 Å². The fourth-order valence-corrected chi connectivity index (χ4v) is 2.73. The zero-order chi connectivity index (χ0) is 17.8. The first-order valence-electron chi connectivity index (χ1n) is 7.69. The Kier molecular flexibility index (Phi) is 5.08. The maximum Gasteiger partial charge on any atom is 0.243 e. The van der Waals surface area contributed by atoms with E-state index in [1.807, 2.05) is 56.3 Å². The number of halogens is 1. The quantitative estimate of drug-likeness (QED) is 0.687. The Morgan fingerprint density at radius 1 is 1.20 bits per heavy atom. The smallest absolute Gasteiger partial charge is 0.243 e. The van der Waals surface area contributed by atoms with Crippen molar-refractivity contribution in [3.8, 4) is 5.69 Å². The number of hydrogen-bond donors (Lipinski definition) is 2. The third kappa shape index (κ3) is 4.03. The van der Waals surface area contributed by atoms with Crippen LogP contribution in [0.4, 0.5) is 11.4 Å². The summed E-state index contributed by atoms with van der Waals surface area (Å²) in [6, 6.07) is 13.3. The van der Waals surface area contributed by atoms with Gasteiger partial charge in [0.15, 0.2) is 5.82 Å². The van der Waals surface area contributed by atoms with E-state index < -0.39 is 0 Å². The molecule has 3 rings (SSSR count). The molecule has 128 valence electrons. The number of tetrazole rings is 1. The van der Waals surface area contributed by atoms with Crippen molar-refractivity contribution in [2.75, 3.05) is 17.2 Å². The van der Waals surface area contributed by atoms with Gasteiger partial charge in [-0.2, -0.15) is 4.68 Å². The van der Waals surface area contributed by atoms with Crippen LogP contribution in [0.2, 0.25) is 0 Å². The summed E-state index contributed by atoms with van der Waals surface area (Å²) in [5.41, 5.74) is 3.47. The molecule has 1 amide bonds. The minimum absolute atomic E-state index is 0.132. The van der Waals surface area contributed by atoms with E-state index in [-0.39, 0.29) is 12.5 Å². The second kappa shape index (κ2) is 7.43. The van der Waals surface area contributed by atoms with Gasteiger partial charge in [0.1, 0.15) is 0 Å². The van der Waals surface area contributed by atoms with Gasteiger partial charge in [-0.3, -0.25) is 4.79 Å². The number of benzene rings is 2. The molecule has 3 aromatic rings. The van der Waals surface area contributed by atoms with Crippen molar-refractivity contribution in [3.63, 3.8) is 0 Å². The van der Waals surface area contributed by atoms with Crippen molar-refractivity contribution in [1.29, 1.82) is 0 Å². The van der Waals surface area contributed by atoms with Gasteiger partial charge in [0.2, 0.25) is 5.91 Å². The molecular formula is C17H17BrN6O. The van der Waals surface area contributed by atoms with Crippen LogP contribution in [0.25, 0.3) is 5.69 Å². The Hall–Kier alpha value is -2.74. The van der Waals surface area contributed by atoms with Crippen molar-refractivity contribution < 1.29 is 4.79 Å². The largest absolute Gasteiger partial charge is 0.376 e. The van der Waals surface area contributed by atoms with E-state index in [0.29, 0.717) is 5.82 Å². The number of anilines is 2. The van der Waals surface area contributed by atoms with E-state index in [0.717, 1.165) is 27.1 Å². The summed E-state index contributed by atoms with van der Waals surface area (Å²) >= 11 is 3.41. The first-order valence-corrected chi connectivity index (χ1v) is 8.48. The molecule has 2 aromatic carbocycles. The molecule has 2 N–H and O–H groups in total. The van der Waals surface area contributed by atoms with Crippen molar-refractivity contribution in [2.45, 2.75) is 13.8 Å². The fraction of sp³-hybridized carbons (Fsp3) is 0.176. The summed E-state index contributed by atoms with van der Waals surface area (Å²) < 4.78 is 2.51. The number of carbonyl (C=O) groups excluding carboxylic acids is 1. The molecule has 0 saturated heterocycles. The molecule has 7 nitrogen and oxygen atoms in total. The molecule has 0 aliphatic rings. The Balaban J connectivity index is 1.69. The molecule has 0 aliphatic heterocycles. The lowest BCUT2D eigenvalue weighted by atomic mass is 10.2. The summed E-state index contributed by atoms with van der Waals surface area (Å²) in [5, 5.41) is 17.6. The predicted octanol–water partition coefficient (Wildman–Crippen LogP) is 3.09. The van der Waals surface area contributed by atoms with Crippen LogP contribution >= 0.6 is 15.9 Å². The molecule has 0 bridgehead atoms. The molecule has 0 radical (unpaired) electrons. The van der Waals surface area contributed by atoms with E-state index in [2.05, 4.69) is 42.1 Å². The summed E-state index contributed by atoms with van der Waals surface area (Å²) in [6.07, 6.45) is 0. The van der Waals surface area contributed by atoms with Crippen LogP contribution in [0.1, 0.15) is 11.4 Å². The number of para-hydroxylation sites is 1. The third-order valence-corrected chi connectivity index (χ3v) is 4.36. The van der Waals surface area contributed by atoms with E-state index in [1.165, 1.54) is 0 Å². The molecule has 0 saturated carbocycles. The maximum absolute atomic E-state index is 12.1. The summed E-state index contributed by atoms with van der Waals surface area (Å²) in [4.78, 5) is 12.1. The molecule has 8 heteroatoms. The van der Waals surface area contributed by atoms with Crippen molar-refractivity contribution in [3.05, 3.63) is 58.3 Å². The number of carbonyl (C=O) groups is 1. The minimum atomic E-state index is -0.132. The van der Waals surface area contributed by atoms with Gasteiger partial charge >= 0.3 is 0 Å². The normalized spacial score (nSPS) is 10.5. The molecular weight excluding hydrogens is 384 g/mol. The minimum Gasteiger partial charge on any atom is -0.376 e. The number of nitrogens with one attached hydrogen (secondary N) is 2. The number of hydrogen-bond acceptors (Lipinski definition) is 5. The van der Waals surface area contributed by atoms with Crippen LogP contribution in [0.5, 0.6) is 0 Å². The van der Waals surface area contributed by atoms with Gasteiger partial charge in [-0.25, -0.2) is 0 Å². The van der Waals surface area contributed by atoms with Crippen molar-refractivity contribution in [1.82, 2.24) is 20.2 Å². The Morgan fingerprint density at radius 3 is 2.72 bits per heavy atom. The van der Waals surface area contributed by atoms with Crippen LogP contribution in [0.15, 0.2) is 46.9 Å². The highest BCUT2D eigenvalue weighted by atomic mass is 79.9. The Bertz CT molecular complexity index is 908. The summed E-state index contributed by atoms with van der Waals surface area (Å²) in [6.45, 7) is 3.98. The number of nitrogens with zero attached hydrogens (tertiary/aromatic N) is 4. The third-order valence-electron chi connectivity index (χ3n) is 3.66. The summed E-state index contributed by atoms with van der Waals surface area (Å²) in [5.74, 6) is 0.569.